The average molecular weight is 353 g/mol. The molecule has 0 saturated carbocycles. The van der Waals surface area contributed by atoms with E-state index >= 15 is 0 Å². The van der Waals surface area contributed by atoms with Crippen LogP contribution in [0, 0.1) is 6.92 Å². The van der Waals surface area contributed by atoms with Gasteiger partial charge in [0, 0.05) is 17.0 Å². The quantitative estimate of drug-likeness (QED) is 0.528. The molecule has 0 aliphatic rings. The highest BCUT2D eigenvalue weighted by Gasteiger charge is 2.09. The van der Waals surface area contributed by atoms with Crippen LogP contribution in [0.25, 0.3) is 21.5 Å². The van der Waals surface area contributed by atoms with Crippen LogP contribution in [0.4, 0.5) is 10.3 Å². The van der Waals surface area contributed by atoms with Crippen molar-refractivity contribution in [1.82, 2.24) is 9.97 Å². The van der Waals surface area contributed by atoms with E-state index in [2.05, 4.69) is 51.9 Å². The number of nitrogens with zero attached hydrogens (tertiary/aromatic N) is 2. The molecule has 2 aromatic carbocycles. The first-order valence-electron chi connectivity index (χ1n) is 7.45. The van der Waals surface area contributed by atoms with Gasteiger partial charge in [0.15, 0.2) is 10.3 Å². The van der Waals surface area contributed by atoms with Crippen molar-refractivity contribution in [3.8, 4) is 17.0 Å². The summed E-state index contributed by atoms with van der Waals surface area (Å²) >= 11 is 3.19. The van der Waals surface area contributed by atoms with Gasteiger partial charge in [0.2, 0.25) is 0 Å². The van der Waals surface area contributed by atoms with E-state index in [0.29, 0.717) is 0 Å². The van der Waals surface area contributed by atoms with Crippen LogP contribution in [-0.4, -0.2) is 17.1 Å². The SMILES string of the molecule is COc1ccc2sc(Nc3nc(-c4ccc(C)cc4)cs3)nc2c1. The number of benzene rings is 2. The third-order valence-electron chi connectivity index (χ3n) is 3.66. The lowest BCUT2D eigenvalue weighted by atomic mass is 10.1. The van der Waals surface area contributed by atoms with E-state index in [9.17, 15) is 0 Å². The number of ether oxygens (including phenoxy) is 1. The monoisotopic (exact) mass is 353 g/mol. The Hall–Kier alpha value is -2.44. The topological polar surface area (TPSA) is 47.0 Å². The Kier molecular flexibility index (Phi) is 3.92. The number of aryl methyl sites for hydroxylation is 1. The lowest BCUT2D eigenvalue weighted by molar-refractivity contribution is 0.415. The minimum absolute atomic E-state index is 0.815. The van der Waals surface area contributed by atoms with E-state index in [1.54, 1.807) is 29.8 Å². The number of fused-ring (bicyclic) bond motifs is 1. The molecule has 4 aromatic rings. The van der Waals surface area contributed by atoms with Crippen molar-refractivity contribution in [3.63, 3.8) is 0 Å². The Morgan fingerprint density at radius 2 is 1.83 bits per heavy atom. The summed E-state index contributed by atoms with van der Waals surface area (Å²) in [4.78, 5) is 9.26. The van der Waals surface area contributed by atoms with Crippen LogP contribution in [0.2, 0.25) is 0 Å². The van der Waals surface area contributed by atoms with Crippen molar-refractivity contribution in [2.75, 3.05) is 12.4 Å². The number of anilines is 2. The molecule has 0 atom stereocenters. The van der Waals surface area contributed by atoms with Gasteiger partial charge in [0.1, 0.15) is 5.75 Å². The van der Waals surface area contributed by atoms with Gasteiger partial charge in [-0.05, 0) is 19.1 Å². The van der Waals surface area contributed by atoms with Gasteiger partial charge in [-0.15, -0.1) is 11.3 Å². The fourth-order valence-corrected chi connectivity index (χ4v) is 4.00. The van der Waals surface area contributed by atoms with E-state index in [0.717, 1.165) is 37.5 Å². The highest BCUT2D eigenvalue weighted by atomic mass is 32.1. The van der Waals surface area contributed by atoms with E-state index in [4.69, 9.17) is 4.74 Å². The summed E-state index contributed by atoms with van der Waals surface area (Å²) in [6.45, 7) is 2.08. The lowest BCUT2D eigenvalue weighted by Crippen LogP contribution is -1.88. The number of thiazole rings is 2. The summed E-state index contributed by atoms with van der Waals surface area (Å²) in [5, 5.41) is 7.05. The Labute approximate surface area is 147 Å². The molecule has 0 fully saturated rings. The van der Waals surface area contributed by atoms with Crippen molar-refractivity contribution >= 4 is 43.2 Å². The molecule has 6 heteroatoms. The molecule has 0 amide bonds. The van der Waals surface area contributed by atoms with Crippen LogP contribution in [0.3, 0.4) is 0 Å². The first-order chi connectivity index (χ1) is 11.7. The molecule has 4 rings (SSSR count). The minimum Gasteiger partial charge on any atom is -0.497 e. The Bertz CT molecular complexity index is 989. The fraction of sp³-hybridized carbons (Fsp3) is 0.111. The van der Waals surface area contributed by atoms with Crippen LogP contribution < -0.4 is 10.1 Å². The third kappa shape index (κ3) is 2.98. The van der Waals surface area contributed by atoms with Crippen molar-refractivity contribution in [2.24, 2.45) is 0 Å². The van der Waals surface area contributed by atoms with Crippen molar-refractivity contribution in [2.45, 2.75) is 6.92 Å². The van der Waals surface area contributed by atoms with Gasteiger partial charge in [-0.2, -0.15) is 0 Å². The summed E-state index contributed by atoms with van der Waals surface area (Å²) in [5.41, 5.74) is 4.28. The third-order valence-corrected chi connectivity index (χ3v) is 5.37. The van der Waals surface area contributed by atoms with Crippen LogP contribution in [0.5, 0.6) is 5.75 Å². The van der Waals surface area contributed by atoms with Crippen LogP contribution in [-0.2, 0) is 0 Å². The van der Waals surface area contributed by atoms with Crippen molar-refractivity contribution in [1.29, 1.82) is 0 Å². The maximum Gasteiger partial charge on any atom is 0.190 e. The van der Waals surface area contributed by atoms with E-state index in [1.807, 2.05) is 18.2 Å². The second-order valence-electron chi connectivity index (χ2n) is 5.38. The minimum atomic E-state index is 0.815. The van der Waals surface area contributed by atoms with Gasteiger partial charge in [-0.25, -0.2) is 9.97 Å². The molecular weight excluding hydrogens is 338 g/mol. The summed E-state index contributed by atoms with van der Waals surface area (Å²) in [7, 11) is 1.66. The number of hydrogen-bond donors (Lipinski definition) is 1. The predicted octanol–water partition coefficient (Wildman–Crippen LogP) is 5.48. The molecule has 0 saturated heterocycles. The zero-order valence-electron chi connectivity index (χ0n) is 13.2. The number of hydrogen-bond acceptors (Lipinski definition) is 6. The van der Waals surface area contributed by atoms with Crippen LogP contribution in [0.1, 0.15) is 5.56 Å². The first-order valence-corrected chi connectivity index (χ1v) is 9.15. The van der Waals surface area contributed by atoms with Crippen molar-refractivity contribution < 1.29 is 4.74 Å². The van der Waals surface area contributed by atoms with E-state index in [-0.39, 0.29) is 0 Å². The molecule has 2 aromatic heterocycles. The molecular formula is C18H15N3OS2. The highest BCUT2D eigenvalue weighted by molar-refractivity contribution is 7.22. The van der Waals surface area contributed by atoms with Gasteiger partial charge in [-0.3, -0.25) is 0 Å². The van der Waals surface area contributed by atoms with Crippen LogP contribution in [0.15, 0.2) is 47.8 Å². The zero-order valence-corrected chi connectivity index (χ0v) is 14.9. The van der Waals surface area contributed by atoms with Gasteiger partial charge >= 0.3 is 0 Å². The van der Waals surface area contributed by atoms with Crippen LogP contribution >= 0.6 is 22.7 Å². The maximum absolute atomic E-state index is 5.24. The summed E-state index contributed by atoms with van der Waals surface area (Å²) < 4.78 is 6.36. The molecule has 0 aliphatic heterocycles. The molecule has 120 valence electrons. The Morgan fingerprint density at radius 1 is 1.00 bits per heavy atom. The smallest absolute Gasteiger partial charge is 0.190 e. The van der Waals surface area contributed by atoms with E-state index < -0.39 is 0 Å². The number of methoxy groups -OCH3 is 1. The molecule has 2 heterocycles. The summed E-state index contributed by atoms with van der Waals surface area (Å²) in [5.74, 6) is 0.815. The second kappa shape index (κ2) is 6.22. The average Bonchev–Trinajstić information content (AvgIpc) is 3.21. The predicted molar refractivity (Wildman–Crippen MR) is 102 cm³/mol. The standard InChI is InChI=1S/C18H15N3OS2/c1-11-3-5-12(6-4-11)15-10-23-17(20-15)21-18-19-14-9-13(22-2)7-8-16(14)24-18/h3-10H,1-2H3,(H,19,20,21). The lowest BCUT2D eigenvalue weighted by Gasteiger charge is -1.98. The molecule has 0 aliphatic carbocycles. The fourth-order valence-electron chi connectivity index (χ4n) is 2.37. The highest BCUT2D eigenvalue weighted by Crippen LogP contribution is 2.32. The Balaban J connectivity index is 1.58. The number of nitrogens with one attached hydrogen (secondary N) is 1. The van der Waals surface area contributed by atoms with E-state index in [1.165, 1.54) is 5.56 Å². The van der Waals surface area contributed by atoms with Crippen molar-refractivity contribution in [3.05, 3.63) is 53.4 Å². The normalized spacial score (nSPS) is 10.9. The van der Waals surface area contributed by atoms with Gasteiger partial charge < -0.3 is 10.1 Å². The number of aromatic nitrogens is 2. The summed E-state index contributed by atoms with van der Waals surface area (Å²) in [6, 6.07) is 14.3. The number of rotatable bonds is 4. The molecule has 4 nitrogen and oxygen atoms in total. The maximum atomic E-state index is 5.24. The Morgan fingerprint density at radius 3 is 2.62 bits per heavy atom. The molecule has 1 N–H and O–H groups in total. The van der Waals surface area contributed by atoms with Gasteiger partial charge in [-0.1, -0.05) is 41.2 Å². The van der Waals surface area contributed by atoms with Gasteiger partial charge in [0.25, 0.3) is 0 Å². The largest absolute Gasteiger partial charge is 0.497 e. The zero-order chi connectivity index (χ0) is 16.5. The first kappa shape index (κ1) is 15.1. The summed E-state index contributed by atoms with van der Waals surface area (Å²) in [6.07, 6.45) is 0. The van der Waals surface area contributed by atoms with Gasteiger partial charge in [0.05, 0.1) is 23.0 Å². The molecule has 0 bridgehead atoms. The molecule has 24 heavy (non-hydrogen) atoms. The molecule has 0 radical (unpaired) electrons. The second-order valence-corrected chi connectivity index (χ2v) is 7.27. The molecule has 0 spiro atoms. The molecule has 0 unspecified atom stereocenters.